The highest BCUT2D eigenvalue weighted by atomic mass is 16.6. The third-order valence-electron chi connectivity index (χ3n) is 6.43. The zero-order valence-electron chi connectivity index (χ0n) is 14.9. The summed E-state index contributed by atoms with van der Waals surface area (Å²) in [6.07, 6.45) is 5.19. The largest absolute Gasteiger partial charge is 0.462 e. The Morgan fingerprint density at radius 1 is 1.23 bits per heavy atom. The van der Waals surface area contributed by atoms with Gasteiger partial charge in [-0.05, 0) is 55.5 Å². The van der Waals surface area contributed by atoms with Gasteiger partial charge in [-0.15, -0.1) is 0 Å². The second kappa shape index (κ2) is 4.87. The lowest BCUT2D eigenvalue weighted by Gasteiger charge is -2.53. The average Bonchev–Trinajstić information content (AvgIpc) is 2.84. The van der Waals surface area contributed by atoms with Crippen molar-refractivity contribution in [1.29, 1.82) is 0 Å². The minimum absolute atomic E-state index is 0.0989. The molecule has 2 aromatic rings. The maximum Gasteiger partial charge on any atom is 0.270 e. The third-order valence-corrected chi connectivity index (χ3v) is 6.43. The first-order chi connectivity index (χ1) is 12.5. The van der Waals surface area contributed by atoms with Gasteiger partial charge in [0, 0.05) is 30.4 Å². The molecule has 1 fully saturated rings. The van der Waals surface area contributed by atoms with Crippen molar-refractivity contribution in [2.75, 3.05) is 11.9 Å². The number of nitro benzene ring substituents is 1. The summed E-state index contributed by atoms with van der Waals surface area (Å²) in [6.45, 7) is 2.29. The molecule has 5 rings (SSSR count). The highest BCUT2D eigenvalue weighted by Crippen LogP contribution is 2.61. The Kier molecular flexibility index (Phi) is 2.89. The quantitative estimate of drug-likeness (QED) is 0.556. The number of benzene rings is 2. The Hall–Kier alpha value is -2.82. The van der Waals surface area contributed by atoms with E-state index in [9.17, 15) is 10.1 Å². The Bertz CT molecular complexity index is 983. The molecule has 2 heterocycles. The molecule has 1 aliphatic carbocycles. The predicted molar refractivity (Wildman–Crippen MR) is 100 cm³/mol. The molecule has 1 spiro atoms. The maximum absolute atomic E-state index is 11.1. The van der Waals surface area contributed by atoms with Crippen molar-refractivity contribution < 1.29 is 9.66 Å². The number of nitrogens with zero attached hydrogens (tertiary/aromatic N) is 2. The molecular weight excluding hydrogens is 328 g/mol. The fourth-order valence-corrected chi connectivity index (χ4v) is 5.25. The summed E-state index contributed by atoms with van der Waals surface area (Å²) in [4.78, 5) is 13.0. The molecule has 3 aliphatic rings. The molecule has 0 amide bonds. The lowest BCUT2D eigenvalue weighted by atomic mass is 9.64. The second-order valence-corrected chi connectivity index (χ2v) is 7.66. The minimum Gasteiger partial charge on any atom is -0.462 e. The van der Waals surface area contributed by atoms with Gasteiger partial charge in [0.15, 0.2) is 0 Å². The van der Waals surface area contributed by atoms with E-state index in [1.54, 1.807) is 12.1 Å². The Morgan fingerprint density at radius 3 is 2.85 bits per heavy atom. The van der Waals surface area contributed by atoms with Gasteiger partial charge in [0.1, 0.15) is 5.75 Å². The first-order valence-corrected chi connectivity index (χ1v) is 8.99. The number of rotatable bonds is 1. The van der Waals surface area contributed by atoms with Gasteiger partial charge >= 0.3 is 0 Å². The number of ether oxygens (including phenoxy) is 1. The lowest BCUT2D eigenvalue weighted by molar-refractivity contribution is -0.384. The van der Waals surface area contributed by atoms with Gasteiger partial charge in [-0.3, -0.25) is 10.1 Å². The zero-order chi connectivity index (χ0) is 18.1. The Labute approximate surface area is 152 Å². The number of likely N-dealkylation sites (N-methyl/N-ethyl adjacent to an activating group) is 1. The topological polar surface area (TPSA) is 55.6 Å². The van der Waals surface area contributed by atoms with Crippen LogP contribution in [0.5, 0.6) is 5.75 Å². The summed E-state index contributed by atoms with van der Waals surface area (Å²) in [5.41, 5.74) is 3.92. The van der Waals surface area contributed by atoms with E-state index in [2.05, 4.69) is 49.2 Å². The van der Waals surface area contributed by atoms with Gasteiger partial charge in [0.2, 0.25) is 5.72 Å². The molecule has 2 atom stereocenters. The van der Waals surface area contributed by atoms with E-state index < -0.39 is 5.72 Å². The molecule has 132 valence electrons. The normalized spacial score (nSPS) is 28.2. The number of non-ortho nitro benzene ring substituents is 1. The molecule has 5 nitrogen and oxygen atoms in total. The van der Waals surface area contributed by atoms with Crippen LogP contribution in [0.1, 0.15) is 37.3 Å². The van der Waals surface area contributed by atoms with Crippen LogP contribution in [0.2, 0.25) is 0 Å². The molecule has 1 saturated carbocycles. The van der Waals surface area contributed by atoms with Crippen molar-refractivity contribution in [3.63, 3.8) is 0 Å². The second-order valence-electron chi connectivity index (χ2n) is 7.66. The maximum atomic E-state index is 11.1. The van der Waals surface area contributed by atoms with Crippen molar-refractivity contribution in [2.45, 2.75) is 37.3 Å². The molecule has 0 radical (unpaired) electrons. The first-order valence-electron chi connectivity index (χ1n) is 8.99. The lowest BCUT2D eigenvalue weighted by Crippen LogP contribution is -2.63. The van der Waals surface area contributed by atoms with Gasteiger partial charge in [-0.25, -0.2) is 0 Å². The van der Waals surface area contributed by atoms with E-state index in [-0.39, 0.29) is 16.0 Å². The van der Waals surface area contributed by atoms with Crippen LogP contribution >= 0.6 is 0 Å². The average molecular weight is 348 g/mol. The molecule has 26 heavy (non-hydrogen) atoms. The van der Waals surface area contributed by atoms with E-state index in [1.165, 1.54) is 22.9 Å². The van der Waals surface area contributed by atoms with E-state index in [0.717, 1.165) is 24.8 Å². The van der Waals surface area contributed by atoms with Gasteiger partial charge in [-0.2, -0.15) is 0 Å². The SMILES string of the molecule is CN1c2ccccc2[C@]2(C)CCCC3=Cc4cc([N+](=O)[O-])ccc4O[C@@]312. The number of hydrogen-bond acceptors (Lipinski definition) is 4. The van der Waals surface area contributed by atoms with Crippen molar-refractivity contribution >= 4 is 17.5 Å². The summed E-state index contributed by atoms with van der Waals surface area (Å²) in [5, 5.41) is 11.1. The van der Waals surface area contributed by atoms with Crippen LogP contribution < -0.4 is 9.64 Å². The van der Waals surface area contributed by atoms with E-state index >= 15 is 0 Å². The van der Waals surface area contributed by atoms with Crippen LogP contribution in [0.4, 0.5) is 11.4 Å². The van der Waals surface area contributed by atoms with E-state index in [4.69, 9.17) is 4.74 Å². The minimum atomic E-state index is -0.557. The monoisotopic (exact) mass is 348 g/mol. The zero-order valence-corrected chi connectivity index (χ0v) is 14.9. The van der Waals surface area contributed by atoms with Crippen LogP contribution in [-0.4, -0.2) is 17.7 Å². The highest BCUT2D eigenvalue weighted by Gasteiger charge is 2.64. The first kappa shape index (κ1) is 15.4. The van der Waals surface area contributed by atoms with Crippen LogP contribution in [0.15, 0.2) is 48.0 Å². The molecule has 0 unspecified atom stereocenters. The summed E-state index contributed by atoms with van der Waals surface area (Å²) in [7, 11) is 2.10. The van der Waals surface area contributed by atoms with Crippen molar-refractivity contribution in [3.05, 3.63) is 69.3 Å². The Balaban J connectivity index is 1.74. The van der Waals surface area contributed by atoms with Gasteiger partial charge < -0.3 is 9.64 Å². The van der Waals surface area contributed by atoms with E-state index in [1.807, 2.05) is 0 Å². The molecule has 2 aliphatic heterocycles. The molecule has 0 aromatic heterocycles. The fraction of sp³-hybridized carbons (Fsp3) is 0.333. The van der Waals surface area contributed by atoms with Gasteiger partial charge in [-0.1, -0.05) is 18.2 Å². The van der Waals surface area contributed by atoms with Crippen molar-refractivity contribution in [2.24, 2.45) is 0 Å². The van der Waals surface area contributed by atoms with Crippen LogP contribution in [0.3, 0.4) is 0 Å². The predicted octanol–water partition coefficient (Wildman–Crippen LogP) is 4.66. The molecule has 0 bridgehead atoms. The highest BCUT2D eigenvalue weighted by molar-refractivity contribution is 5.76. The smallest absolute Gasteiger partial charge is 0.270 e. The molecule has 0 N–H and O–H groups in total. The number of fused-ring (bicyclic) bond motifs is 3. The van der Waals surface area contributed by atoms with Gasteiger partial charge in [0.25, 0.3) is 5.69 Å². The van der Waals surface area contributed by atoms with Crippen LogP contribution in [0.25, 0.3) is 6.08 Å². The van der Waals surface area contributed by atoms with E-state index in [0.29, 0.717) is 5.75 Å². The van der Waals surface area contributed by atoms with Crippen molar-refractivity contribution in [1.82, 2.24) is 0 Å². The Morgan fingerprint density at radius 2 is 2.04 bits per heavy atom. The number of hydrogen-bond donors (Lipinski definition) is 0. The molecule has 2 aromatic carbocycles. The number of para-hydroxylation sites is 1. The summed E-state index contributed by atoms with van der Waals surface area (Å²) in [5.74, 6) is 0.715. The molecular formula is C21H20N2O3. The number of anilines is 1. The fourth-order valence-electron chi connectivity index (χ4n) is 5.25. The summed E-state index contributed by atoms with van der Waals surface area (Å²) < 4.78 is 6.71. The van der Waals surface area contributed by atoms with Gasteiger partial charge in [0.05, 0.1) is 10.3 Å². The van der Waals surface area contributed by atoms with Crippen LogP contribution in [-0.2, 0) is 5.41 Å². The molecule has 5 heteroatoms. The summed E-state index contributed by atoms with van der Waals surface area (Å²) >= 11 is 0. The molecule has 0 saturated heterocycles. The standard InChI is InChI=1S/C21H20N2O3/c1-20-11-5-6-15-12-14-13-16(23(24)25)9-10-19(14)26-21(15,20)22(2)18-8-4-3-7-17(18)20/h3-4,7-10,12-13H,5-6,11H2,1-2H3/t20-,21+/m0/s1. The summed E-state index contributed by atoms with van der Waals surface area (Å²) in [6, 6.07) is 13.4. The number of nitro groups is 1. The third kappa shape index (κ3) is 1.66. The van der Waals surface area contributed by atoms with Crippen LogP contribution in [0, 0.1) is 10.1 Å². The van der Waals surface area contributed by atoms with Crippen molar-refractivity contribution in [3.8, 4) is 5.75 Å².